The summed E-state index contributed by atoms with van der Waals surface area (Å²) < 4.78 is 0. The van der Waals surface area contributed by atoms with Gasteiger partial charge < -0.3 is 9.80 Å². The maximum atomic E-state index is 2.35. The lowest BCUT2D eigenvalue weighted by molar-refractivity contribution is 0.213. The van der Waals surface area contributed by atoms with Gasteiger partial charge in [0, 0.05) is 12.6 Å². The Labute approximate surface area is 90.3 Å². The second-order valence-electron chi connectivity index (χ2n) is 4.73. The smallest absolute Gasteiger partial charge is 0.0216 e. The van der Waals surface area contributed by atoms with Crippen molar-refractivity contribution in [3.05, 3.63) is 0 Å². The van der Waals surface area contributed by atoms with Gasteiger partial charge in [0.2, 0.25) is 0 Å². The lowest BCUT2D eigenvalue weighted by atomic mass is 10.1. The van der Waals surface area contributed by atoms with Gasteiger partial charge in [0.05, 0.1) is 0 Å². The summed E-state index contributed by atoms with van der Waals surface area (Å²) in [6.07, 6.45) is 6.84. The molecule has 0 aromatic carbocycles. The molecule has 0 rings (SSSR count). The van der Waals surface area contributed by atoms with Crippen LogP contribution in [0.1, 0.15) is 39.0 Å². The minimum Gasteiger partial charge on any atom is -0.308 e. The van der Waals surface area contributed by atoms with Gasteiger partial charge in [-0.05, 0) is 34.6 Å². The first-order valence-electron chi connectivity index (χ1n) is 5.89. The van der Waals surface area contributed by atoms with E-state index in [1.165, 1.54) is 38.6 Å². The Hall–Kier alpha value is -0.0800. The van der Waals surface area contributed by atoms with Crippen molar-refractivity contribution in [1.82, 2.24) is 9.80 Å². The van der Waals surface area contributed by atoms with Crippen LogP contribution in [0.15, 0.2) is 0 Å². The third kappa shape index (κ3) is 7.34. The lowest BCUT2D eigenvalue weighted by Gasteiger charge is -2.27. The molecule has 0 fully saturated rings. The zero-order valence-corrected chi connectivity index (χ0v) is 10.7. The molecule has 0 heterocycles. The zero-order valence-electron chi connectivity index (χ0n) is 10.7. The van der Waals surface area contributed by atoms with Gasteiger partial charge in [0.1, 0.15) is 0 Å². The van der Waals surface area contributed by atoms with Gasteiger partial charge in [0.25, 0.3) is 0 Å². The fourth-order valence-corrected chi connectivity index (χ4v) is 1.74. The maximum Gasteiger partial charge on any atom is 0.0216 e. The Morgan fingerprint density at radius 3 is 2.00 bits per heavy atom. The molecule has 0 saturated heterocycles. The van der Waals surface area contributed by atoms with Crippen LogP contribution in [-0.4, -0.2) is 50.6 Å². The van der Waals surface area contributed by atoms with Crippen molar-refractivity contribution in [3.8, 4) is 0 Å². The molecule has 1 unspecified atom stereocenters. The molecule has 0 bridgehead atoms. The van der Waals surface area contributed by atoms with E-state index in [0.29, 0.717) is 0 Å². The van der Waals surface area contributed by atoms with E-state index in [4.69, 9.17) is 0 Å². The summed E-state index contributed by atoms with van der Waals surface area (Å²) in [4.78, 5) is 4.64. The first kappa shape index (κ1) is 13.9. The van der Waals surface area contributed by atoms with E-state index in [-0.39, 0.29) is 0 Å². The highest BCUT2D eigenvalue weighted by Crippen LogP contribution is 2.09. The van der Waals surface area contributed by atoms with Crippen molar-refractivity contribution < 1.29 is 0 Å². The predicted molar refractivity (Wildman–Crippen MR) is 64.8 cm³/mol. The summed E-state index contributed by atoms with van der Waals surface area (Å²) in [6.45, 7) is 3.45. The molecule has 0 aromatic heterocycles. The molecule has 0 aromatic rings. The standard InChI is InChI=1S/C12H28N2/c1-6-7-8-9-10-12(14(4)5)11-13(2)3/h12H,6-11H2,1-5H3. The number of rotatable bonds is 8. The van der Waals surface area contributed by atoms with Crippen LogP contribution >= 0.6 is 0 Å². The zero-order chi connectivity index (χ0) is 11.0. The summed E-state index contributed by atoms with van der Waals surface area (Å²) in [5.41, 5.74) is 0. The molecule has 0 aliphatic rings. The average Bonchev–Trinajstić information content (AvgIpc) is 2.09. The van der Waals surface area contributed by atoms with Crippen molar-refractivity contribution in [2.75, 3.05) is 34.7 Å². The molecule has 0 aliphatic heterocycles. The third-order valence-electron chi connectivity index (χ3n) is 2.70. The summed E-state index contributed by atoms with van der Waals surface area (Å²) in [5, 5.41) is 0. The van der Waals surface area contributed by atoms with Gasteiger partial charge in [0.15, 0.2) is 0 Å². The van der Waals surface area contributed by atoms with E-state index in [9.17, 15) is 0 Å². The van der Waals surface area contributed by atoms with E-state index in [2.05, 4.69) is 44.9 Å². The van der Waals surface area contributed by atoms with Crippen LogP contribution in [0.2, 0.25) is 0 Å². The average molecular weight is 200 g/mol. The van der Waals surface area contributed by atoms with Gasteiger partial charge in [-0.1, -0.05) is 32.6 Å². The van der Waals surface area contributed by atoms with Crippen LogP contribution < -0.4 is 0 Å². The number of nitrogens with zero attached hydrogens (tertiary/aromatic N) is 2. The second kappa shape index (κ2) is 8.25. The molecule has 0 amide bonds. The van der Waals surface area contributed by atoms with E-state index in [1.54, 1.807) is 0 Å². The number of hydrogen-bond acceptors (Lipinski definition) is 2. The largest absolute Gasteiger partial charge is 0.308 e. The summed E-state index contributed by atoms with van der Waals surface area (Å²) >= 11 is 0. The van der Waals surface area contributed by atoms with Gasteiger partial charge in [-0.25, -0.2) is 0 Å². The normalized spacial score (nSPS) is 13.9. The van der Waals surface area contributed by atoms with Gasteiger partial charge >= 0.3 is 0 Å². The minimum absolute atomic E-state index is 0.724. The highest BCUT2D eigenvalue weighted by molar-refractivity contribution is 4.68. The molecule has 2 heteroatoms. The highest BCUT2D eigenvalue weighted by Gasteiger charge is 2.11. The maximum absolute atomic E-state index is 2.35. The van der Waals surface area contributed by atoms with Crippen molar-refractivity contribution in [2.24, 2.45) is 0 Å². The molecule has 1 atom stereocenters. The van der Waals surface area contributed by atoms with Gasteiger partial charge in [-0.3, -0.25) is 0 Å². The van der Waals surface area contributed by atoms with Crippen molar-refractivity contribution in [1.29, 1.82) is 0 Å². The van der Waals surface area contributed by atoms with Crippen LogP contribution in [-0.2, 0) is 0 Å². The molecule has 14 heavy (non-hydrogen) atoms. The lowest BCUT2D eigenvalue weighted by Crippen LogP contribution is -2.37. The number of unbranched alkanes of at least 4 members (excludes halogenated alkanes) is 3. The molecule has 0 N–H and O–H groups in total. The van der Waals surface area contributed by atoms with Crippen LogP contribution in [0.3, 0.4) is 0 Å². The molecule has 0 aliphatic carbocycles. The van der Waals surface area contributed by atoms with E-state index < -0.39 is 0 Å². The quantitative estimate of drug-likeness (QED) is 0.555. The van der Waals surface area contributed by atoms with Crippen molar-refractivity contribution in [3.63, 3.8) is 0 Å². The van der Waals surface area contributed by atoms with Crippen LogP contribution in [0.5, 0.6) is 0 Å². The minimum atomic E-state index is 0.724. The Kier molecular flexibility index (Phi) is 8.20. The Bertz CT molecular complexity index is 121. The molecule has 2 nitrogen and oxygen atoms in total. The van der Waals surface area contributed by atoms with Crippen LogP contribution in [0.25, 0.3) is 0 Å². The molecule has 0 spiro atoms. The first-order valence-corrected chi connectivity index (χ1v) is 5.89. The van der Waals surface area contributed by atoms with E-state index in [0.717, 1.165) is 6.04 Å². The summed E-state index contributed by atoms with van der Waals surface area (Å²) in [5.74, 6) is 0. The van der Waals surface area contributed by atoms with Crippen molar-refractivity contribution >= 4 is 0 Å². The Morgan fingerprint density at radius 1 is 0.929 bits per heavy atom. The topological polar surface area (TPSA) is 6.48 Å². The van der Waals surface area contributed by atoms with Gasteiger partial charge in [-0.15, -0.1) is 0 Å². The fraction of sp³-hybridized carbons (Fsp3) is 1.00. The summed E-state index contributed by atoms with van der Waals surface area (Å²) in [6, 6.07) is 0.724. The van der Waals surface area contributed by atoms with E-state index >= 15 is 0 Å². The first-order chi connectivity index (χ1) is 6.57. The Balaban J connectivity index is 3.63. The second-order valence-corrected chi connectivity index (χ2v) is 4.73. The SMILES string of the molecule is CCCCCCC(CN(C)C)N(C)C. The monoisotopic (exact) mass is 200 g/mol. The summed E-state index contributed by atoms with van der Waals surface area (Å²) in [7, 11) is 8.69. The molecular weight excluding hydrogens is 172 g/mol. The Morgan fingerprint density at radius 2 is 1.57 bits per heavy atom. The molecule has 0 radical (unpaired) electrons. The molecule has 86 valence electrons. The fourth-order valence-electron chi connectivity index (χ4n) is 1.74. The predicted octanol–water partition coefficient (Wildman–Crippen LogP) is 2.45. The van der Waals surface area contributed by atoms with Gasteiger partial charge in [-0.2, -0.15) is 0 Å². The highest BCUT2D eigenvalue weighted by atomic mass is 15.2. The van der Waals surface area contributed by atoms with Crippen LogP contribution in [0.4, 0.5) is 0 Å². The van der Waals surface area contributed by atoms with Crippen LogP contribution in [0, 0.1) is 0 Å². The number of hydrogen-bond donors (Lipinski definition) is 0. The molecule has 0 saturated carbocycles. The van der Waals surface area contributed by atoms with E-state index in [1.807, 2.05) is 0 Å². The van der Waals surface area contributed by atoms with Crippen molar-refractivity contribution in [2.45, 2.75) is 45.1 Å². The molecular formula is C12H28N2. The third-order valence-corrected chi connectivity index (χ3v) is 2.70. The number of likely N-dealkylation sites (N-methyl/N-ethyl adjacent to an activating group) is 2.